The molecule has 1 aliphatic heterocycles. The Bertz CT molecular complexity index is 210. The molecule has 1 rings (SSSR count). The van der Waals surface area contributed by atoms with E-state index in [1.165, 1.54) is 0 Å². The van der Waals surface area contributed by atoms with Crippen LogP contribution in [-0.4, -0.2) is 72.5 Å². The van der Waals surface area contributed by atoms with Crippen LogP contribution in [0.4, 0.5) is 0 Å². The summed E-state index contributed by atoms with van der Waals surface area (Å²) in [7, 11) is 0. The molecule has 0 radical (unpaired) electrons. The van der Waals surface area contributed by atoms with Crippen molar-refractivity contribution in [3.05, 3.63) is 0 Å². The van der Waals surface area contributed by atoms with Gasteiger partial charge in [0.25, 0.3) is 0 Å². The lowest BCUT2D eigenvalue weighted by atomic mass is 10.1. The van der Waals surface area contributed by atoms with Gasteiger partial charge in [-0.05, 0) is 27.3 Å². The minimum Gasteiger partial charge on any atom is -0.389 e. The SMILES string of the molecule is CCN(CC(C)(C)O)C(C)CN1CCOCC1. The highest BCUT2D eigenvalue weighted by atomic mass is 16.5. The topological polar surface area (TPSA) is 35.9 Å². The van der Waals surface area contributed by atoms with Gasteiger partial charge >= 0.3 is 0 Å². The number of rotatable bonds is 6. The fraction of sp³-hybridized carbons (Fsp3) is 1.00. The highest BCUT2D eigenvalue weighted by Crippen LogP contribution is 2.10. The second-order valence-corrected chi connectivity index (χ2v) is 5.64. The smallest absolute Gasteiger partial charge is 0.0718 e. The van der Waals surface area contributed by atoms with Crippen molar-refractivity contribution in [2.24, 2.45) is 0 Å². The number of nitrogens with zero attached hydrogens (tertiary/aromatic N) is 2. The Kier molecular flexibility index (Phi) is 5.86. The molecule has 0 aromatic heterocycles. The van der Waals surface area contributed by atoms with Gasteiger partial charge in [0.2, 0.25) is 0 Å². The lowest BCUT2D eigenvalue weighted by molar-refractivity contribution is 0.00106. The van der Waals surface area contributed by atoms with Crippen LogP contribution in [-0.2, 0) is 4.74 Å². The van der Waals surface area contributed by atoms with Crippen LogP contribution < -0.4 is 0 Å². The van der Waals surface area contributed by atoms with Crippen molar-refractivity contribution in [1.29, 1.82) is 0 Å². The quantitative estimate of drug-likeness (QED) is 0.750. The van der Waals surface area contributed by atoms with Crippen molar-refractivity contribution in [3.63, 3.8) is 0 Å². The Labute approximate surface area is 106 Å². The van der Waals surface area contributed by atoms with Crippen LogP contribution in [0.5, 0.6) is 0 Å². The van der Waals surface area contributed by atoms with Crippen molar-refractivity contribution in [1.82, 2.24) is 9.80 Å². The Hall–Kier alpha value is -0.160. The summed E-state index contributed by atoms with van der Waals surface area (Å²) in [6, 6.07) is 0.476. The van der Waals surface area contributed by atoms with E-state index in [4.69, 9.17) is 4.74 Å². The average molecular weight is 244 g/mol. The number of hydrogen-bond acceptors (Lipinski definition) is 4. The molecule has 4 heteroatoms. The van der Waals surface area contributed by atoms with Crippen molar-refractivity contribution in [3.8, 4) is 0 Å². The number of hydrogen-bond donors (Lipinski definition) is 1. The molecule has 1 atom stereocenters. The fourth-order valence-corrected chi connectivity index (χ4v) is 2.35. The van der Waals surface area contributed by atoms with Gasteiger partial charge in [-0.1, -0.05) is 6.92 Å². The largest absolute Gasteiger partial charge is 0.389 e. The summed E-state index contributed by atoms with van der Waals surface area (Å²) in [6.07, 6.45) is 0. The van der Waals surface area contributed by atoms with Gasteiger partial charge in [0.15, 0.2) is 0 Å². The second-order valence-electron chi connectivity index (χ2n) is 5.64. The molecule has 1 saturated heterocycles. The van der Waals surface area contributed by atoms with Crippen molar-refractivity contribution >= 4 is 0 Å². The van der Waals surface area contributed by atoms with Gasteiger partial charge in [0.05, 0.1) is 18.8 Å². The first-order valence-electron chi connectivity index (χ1n) is 6.69. The molecule has 1 heterocycles. The number of morpholine rings is 1. The highest BCUT2D eigenvalue weighted by Gasteiger charge is 2.23. The van der Waals surface area contributed by atoms with E-state index in [2.05, 4.69) is 23.6 Å². The molecule has 0 amide bonds. The molecule has 102 valence electrons. The molecule has 0 aromatic carbocycles. The molecule has 0 saturated carbocycles. The zero-order valence-electron chi connectivity index (χ0n) is 11.8. The van der Waals surface area contributed by atoms with Crippen LogP contribution in [0.2, 0.25) is 0 Å². The highest BCUT2D eigenvalue weighted by molar-refractivity contribution is 4.78. The summed E-state index contributed by atoms with van der Waals surface area (Å²) >= 11 is 0. The van der Waals surface area contributed by atoms with E-state index >= 15 is 0 Å². The Morgan fingerprint density at radius 3 is 2.41 bits per heavy atom. The molecular weight excluding hydrogens is 216 g/mol. The first kappa shape index (κ1) is 14.9. The first-order chi connectivity index (χ1) is 7.92. The van der Waals surface area contributed by atoms with E-state index < -0.39 is 5.60 Å². The standard InChI is InChI=1S/C13H28N2O2/c1-5-15(11-13(3,4)16)12(2)10-14-6-8-17-9-7-14/h12,16H,5-11H2,1-4H3. The second kappa shape index (κ2) is 6.69. The predicted molar refractivity (Wildman–Crippen MR) is 70.3 cm³/mol. The van der Waals surface area contributed by atoms with E-state index in [9.17, 15) is 5.11 Å². The minimum atomic E-state index is -0.616. The van der Waals surface area contributed by atoms with E-state index in [0.717, 1.165) is 45.9 Å². The molecular formula is C13H28N2O2. The lowest BCUT2D eigenvalue weighted by Crippen LogP contribution is -2.49. The summed E-state index contributed by atoms with van der Waals surface area (Å²) < 4.78 is 5.35. The minimum absolute atomic E-state index is 0.476. The predicted octanol–water partition coefficient (Wildman–Crippen LogP) is 0.800. The van der Waals surface area contributed by atoms with Crippen LogP contribution in [0.1, 0.15) is 27.7 Å². The van der Waals surface area contributed by atoms with E-state index in [1.807, 2.05) is 13.8 Å². The summed E-state index contributed by atoms with van der Waals surface area (Å²) in [5.41, 5.74) is -0.616. The van der Waals surface area contributed by atoms with Crippen LogP contribution in [0.25, 0.3) is 0 Å². The molecule has 0 spiro atoms. The van der Waals surface area contributed by atoms with E-state index in [1.54, 1.807) is 0 Å². The van der Waals surface area contributed by atoms with Crippen LogP contribution in [0, 0.1) is 0 Å². The number of likely N-dealkylation sites (N-methyl/N-ethyl adjacent to an activating group) is 1. The first-order valence-corrected chi connectivity index (χ1v) is 6.69. The van der Waals surface area contributed by atoms with Crippen molar-refractivity contribution in [2.75, 3.05) is 45.9 Å². The normalized spacial score (nSPS) is 20.8. The zero-order valence-corrected chi connectivity index (χ0v) is 11.8. The fourth-order valence-electron chi connectivity index (χ4n) is 2.35. The van der Waals surface area contributed by atoms with E-state index in [0.29, 0.717) is 6.04 Å². The third-order valence-corrected chi connectivity index (χ3v) is 3.25. The van der Waals surface area contributed by atoms with Gasteiger partial charge in [-0.2, -0.15) is 0 Å². The molecule has 17 heavy (non-hydrogen) atoms. The zero-order chi connectivity index (χ0) is 12.9. The molecule has 0 bridgehead atoms. The Balaban J connectivity index is 2.39. The Morgan fingerprint density at radius 2 is 1.94 bits per heavy atom. The van der Waals surface area contributed by atoms with Crippen molar-refractivity contribution in [2.45, 2.75) is 39.3 Å². The lowest BCUT2D eigenvalue weighted by Gasteiger charge is -2.37. The average Bonchev–Trinajstić information content (AvgIpc) is 2.26. The van der Waals surface area contributed by atoms with Gasteiger partial charge in [-0.15, -0.1) is 0 Å². The van der Waals surface area contributed by atoms with E-state index in [-0.39, 0.29) is 0 Å². The van der Waals surface area contributed by atoms with Gasteiger partial charge in [0, 0.05) is 32.2 Å². The molecule has 1 N–H and O–H groups in total. The summed E-state index contributed by atoms with van der Waals surface area (Å²) in [5.74, 6) is 0. The summed E-state index contributed by atoms with van der Waals surface area (Å²) in [4.78, 5) is 4.79. The van der Waals surface area contributed by atoms with Crippen LogP contribution >= 0.6 is 0 Å². The molecule has 0 aromatic rings. The van der Waals surface area contributed by atoms with Gasteiger partial charge in [-0.25, -0.2) is 0 Å². The number of aliphatic hydroxyl groups is 1. The van der Waals surface area contributed by atoms with Crippen molar-refractivity contribution < 1.29 is 9.84 Å². The molecule has 1 aliphatic rings. The van der Waals surface area contributed by atoms with Crippen LogP contribution in [0.15, 0.2) is 0 Å². The maximum atomic E-state index is 9.90. The Morgan fingerprint density at radius 1 is 1.35 bits per heavy atom. The third-order valence-electron chi connectivity index (χ3n) is 3.25. The number of ether oxygens (including phenoxy) is 1. The summed E-state index contributed by atoms with van der Waals surface area (Å²) in [6.45, 7) is 14.7. The van der Waals surface area contributed by atoms with Gasteiger partial charge in [0.1, 0.15) is 0 Å². The van der Waals surface area contributed by atoms with Crippen LogP contribution in [0.3, 0.4) is 0 Å². The molecule has 1 unspecified atom stereocenters. The van der Waals surface area contributed by atoms with Gasteiger partial charge in [-0.3, -0.25) is 9.80 Å². The third kappa shape index (κ3) is 5.82. The van der Waals surface area contributed by atoms with Gasteiger partial charge < -0.3 is 9.84 Å². The molecule has 4 nitrogen and oxygen atoms in total. The monoisotopic (exact) mass is 244 g/mol. The summed E-state index contributed by atoms with van der Waals surface area (Å²) in [5, 5.41) is 9.90. The molecule has 1 fully saturated rings. The molecule has 0 aliphatic carbocycles. The maximum Gasteiger partial charge on any atom is 0.0718 e. The maximum absolute atomic E-state index is 9.90.